The highest BCUT2D eigenvalue weighted by Gasteiger charge is 2.25. The molecule has 36 heavy (non-hydrogen) atoms. The number of rotatable bonds is 3. The van der Waals surface area contributed by atoms with Crippen molar-refractivity contribution < 1.29 is 13.2 Å². The normalized spacial score (nSPS) is 11.8. The number of benzene rings is 5. The van der Waals surface area contributed by atoms with Crippen LogP contribution < -0.4 is 4.90 Å². The first-order chi connectivity index (χ1) is 17.6. The van der Waals surface area contributed by atoms with Crippen molar-refractivity contribution in [3.8, 4) is 0 Å². The van der Waals surface area contributed by atoms with Gasteiger partial charge in [-0.2, -0.15) is 0 Å². The molecule has 0 saturated heterocycles. The molecule has 7 aromatic rings. The predicted octanol–water partition coefficient (Wildman–Crippen LogP) is 10.3. The van der Waals surface area contributed by atoms with Crippen molar-refractivity contribution in [2.75, 3.05) is 4.90 Å². The third kappa shape index (κ3) is 3.15. The summed E-state index contributed by atoms with van der Waals surface area (Å²) in [5, 5.41) is 4.32. The second kappa shape index (κ2) is 8.08. The molecule has 0 atom stereocenters. The fourth-order valence-corrected chi connectivity index (χ4v) is 7.42. The van der Waals surface area contributed by atoms with E-state index in [4.69, 9.17) is 0 Å². The molecule has 2 aromatic heterocycles. The number of hydrogen-bond acceptors (Lipinski definition) is 3. The maximum Gasteiger partial charge on any atom is 0.153 e. The van der Waals surface area contributed by atoms with Gasteiger partial charge < -0.3 is 4.90 Å². The molecule has 0 fully saturated rings. The van der Waals surface area contributed by atoms with Crippen molar-refractivity contribution in [3.05, 3.63) is 115 Å². The van der Waals surface area contributed by atoms with Crippen molar-refractivity contribution in [2.45, 2.75) is 0 Å². The molecule has 0 bridgehead atoms. The van der Waals surface area contributed by atoms with Gasteiger partial charge in [-0.25, -0.2) is 13.2 Å². The zero-order valence-corrected chi connectivity index (χ0v) is 20.3. The molecule has 0 radical (unpaired) electrons. The summed E-state index contributed by atoms with van der Waals surface area (Å²) in [6, 6.07) is 28.9. The van der Waals surface area contributed by atoms with E-state index < -0.39 is 17.5 Å². The third-order valence-electron chi connectivity index (χ3n) is 6.44. The summed E-state index contributed by atoms with van der Waals surface area (Å²) in [7, 11) is 0. The van der Waals surface area contributed by atoms with Crippen LogP contribution in [-0.4, -0.2) is 0 Å². The summed E-state index contributed by atoms with van der Waals surface area (Å²) in [5.74, 6) is -2.87. The molecule has 7 rings (SSSR count). The van der Waals surface area contributed by atoms with Crippen molar-refractivity contribution in [1.82, 2.24) is 0 Å². The third-order valence-corrected chi connectivity index (χ3v) is 8.77. The monoisotopic (exact) mass is 511 g/mol. The minimum Gasteiger partial charge on any atom is -0.305 e. The highest BCUT2D eigenvalue weighted by molar-refractivity contribution is 7.29. The highest BCUT2D eigenvalue weighted by Crippen LogP contribution is 2.49. The van der Waals surface area contributed by atoms with Crippen LogP contribution in [0.2, 0.25) is 0 Å². The van der Waals surface area contributed by atoms with E-state index in [1.54, 1.807) is 39.7 Å². The molecule has 0 spiro atoms. The molecule has 1 nitrogen and oxygen atoms in total. The molecule has 6 heteroatoms. The van der Waals surface area contributed by atoms with E-state index in [1.807, 2.05) is 48.5 Å². The fraction of sp³-hybridized carbons (Fsp3) is 0. The number of nitrogens with zero attached hydrogens (tertiary/aromatic N) is 1. The van der Waals surface area contributed by atoms with E-state index in [2.05, 4.69) is 24.3 Å². The molecule has 0 N–H and O–H groups in total. The number of para-hydroxylation sites is 1. The van der Waals surface area contributed by atoms with Gasteiger partial charge in [-0.15, -0.1) is 22.7 Å². The van der Waals surface area contributed by atoms with E-state index in [1.165, 1.54) is 10.1 Å². The Labute approximate surface area is 212 Å². The van der Waals surface area contributed by atoms with Crippen LogP contribution in [0.3, 0.4) is 0 Å². The number of fused-ring (bicyclic) bond motifs is 7. The molecular weight excluding hydrogens is 495 g/mol. The molecule has 0 aliphatic rings. The Morgan fingerprint density at radius 1 is 0.556 bits per heavy atom. The van der Waals surface area contributed by atoms with Gasteiger partial charge in [-0.3, -0.25) is 0 Å². The Kier molecular flexibility index (Phi) is 4.81. The van der Waals surface area contributed by atoms with Crippen LogP contribution in [0.4, 0.5) is 30.2 Å². The van der Waals surface area contributed by atoms with Gasteiger partial charge in [0.2, 0.25) is 0 Å². The number of hydrogen-bond donors (Lipinski definition) is 0. The lowest BCUT2D eigenvalue weighted by Crippen LogP contribution is -2.14. The van der Waals surface area contributed by atoms with E-state index in [-0.39, 0.29) is 5.69 Å². The fourth-order valence-electron chi connectivity index (χ4n) is 4.97. The Morgan fingerprint density at radius 2 is 1.25 bits per heavy atom. The van der Waals surface area contributed by atoms with Crippen LogP contribution in [0.5, 0.6) is 0 Å². The summed E-state index contributed by atoms with van der Waals surface area (Å²) in [4.78, 5) is 1.56. The first kappa shape index (κ1) is 21.4. The van der Waals surface area contributed by atoms with E-state index in [9.17, 15) is 4.39 Å². The second-order valence-electron chi connectivity index (χ2n) is 8.55. The van der Waals surface area contributed by atoms with Gasteiger partial charge in [0.25, 0.3) is 0 Å². The summed E-state index contributed by atoms with van der Waals surface area (Å²) in [5.41, 5.74) is 0.912. The summed E-state index contributed by atoms with van der Waals surface area (Å²) in [6.07, 6.45) is 0. The van der Waals surface area contributed by atoms with Crippen LogP contribution in [0.1, 0.15) is 0 Å². The molecule has 0 amide bonds. The van der Waals surface area contributed by atoms with Crippen LogP contribution >= 0.6 is 22.7 Å². The van der Waals surface area contributed by atoms with E-state index in [0.717, 1.165) is 42.4 Å². The Hall–Kier alpha value is -3.87. The minimum absolute atomic E-state index is 0.307. The van der Waals surface area contributed by atoms with Crippen molar-refractivity contribution in [2.24, 2.45) is 0 Å². The topological polar surface area (TPSA) is 3.24 Å². The molecule has 0 saturated carbocycles. The molecule has 174 valence electrons. The first-order valence-electron chi connectivity index (χ1n) is 11.4. The quantitative estimate of drug-likeness (QED) is 0.228. The standard InChI is InChI=1S/C30H16F3NS2/c31-17-15-21(32)29(22(33)16-17)34(18-7-2-1-3-8-18)23-10-6-12-25-27(23)28-26(35-25)14-13-20-19-9-4-5-11-24(19)36-30(20)28/h1-16H. The number of thiophene rings is 2. The van der Waals surface area contributed by atoms with Gasteiger partial charge in [0.05, 0.1) is 5.69 Å². The average molecular weight is 512 g/mol. The highest BCUT2D eigenvalue weighted by atomic mass is 32.1. The number of halogens is 3. The smallest absolute Gasteiger partial charge is 0.153 e. The van der Waals surface area contributed by atoms with Gasteiger partial charge in [-0.1, -0.05) is 48.5 Å². The van der Waals surface area contributed by atoms with Gasteiger partial charge in [0, 0.05) is 58.2 Å². The first-order valence-corrected chi connectivity index (χ1v) is 13.0. The maximum atomic E-state index is 15.2. The predicted molar refractivity (Wildman–Crippen MR) is 147 cm³/mol. The molecule has 0 aliphatic carbocycles. The van der Waals surface area contributed by atoms with E-state index >= 15 is 8.78 Å². The van der Waals surface area contributed by atoms with Crippen molar-refractivity contribution in [3.63, 3.8) is 0 Å². The van der Waals surface area contributed by atoms with Gasteiger partial charge in [0.1, 0.15) is 11.5 Å². The van der Waals surface area contributed by atoms with Gasteiger partial charge in [-0.05, 0) is 36.4 Å². The average Bonchev–Trinajstić information content (AvgIpc) is 3.45. The minimum atomic E-state index is -0.958. The van der Waals surface area contributed by atoms with Gasteiger partial charge in [0.15, 0.2) is 11.6 Å². The summed E-state index contributed by atoms with van der Waals surface area (Å²) < 4.78 is 48.8. The zero-order valence-electron chi connectivity index (χ0n) is 18.6. The molecule has 2 heterocycles. The summed E-state index contributed by atoms with van der Waals surface area (Å²) in [6.45, 7) is 0. The Morgan fingerprint density at radius 3 is 2.06 bits per heavy atom. The van der Waals surface area contributed by atoms with Crippen molar-refractivity contribution in [1.29, 1.82) is 0 Å². The molecule has 0 aliphatic heterocycles. The van der Waals surface area contributed by atoms with Crippen LogP contribution in [-0.2, 0) is 0 Å². The van der Waals surface area contributed by atoms with Gasteiger partial charge >= 0.3 is 0 Å². The summed E-state index contributed by atoms with van der Waals surface area (Å²) >= 11 is 3.37. The number of anilines is 3. The maximum absolute atomic E-state index is 15.2. The lowest BCUT2D eigenvalue weighted by molar-refractivity contribution is 0.545. The second-order valence-corrected chi connectivity index (χ2v) is 10.7. The lowest BCUT2D eigenvalue weighted by Gasteiger charge is -2.27. The zero-order chi connectivity index (χ0) is 24.4. The molecule has 0 unspecified atom stereocenters. The van der Waals surface area contributed by atoms with Crippen molar-refractivity contribution >= 4 is 80.1 Å². The van der Waals surface area contributed by atoms with Crippen LogP contribution in [0.15, 0.2) is 97.1 Å². The van der Waals surface area contributed by atoms with Crippen LogP contribution in [0.25, 0.3) is 40.3 Å². The Balaban J connectivity index is 1.64. The lowest BCUT2D eigenvalue weighted by atomic mass is 10.1. The Bertz CT molecular complexity index is 1920. The molecular formula is C30H16F3NS2. The van der Waals surface area contributed by atoms with E-state index in [0.29, 0.717) is 11.4 Å². The largest absolute Gasteiger partial charge is 0.305 e. The SMILES string of the molecule is Fc1cc(F)c(N(c2ccccc2)c2cccc3sc4ccc5c6ccccc6sc5c4c23)c(F)c1. The molecule has 5 aromatic carbocycles. The van der Waals surface area contributed by atoms with Crippen LogP contribution in [0, 0.1) is 17.5 Å².